The van der Waals surface area contributed by atoms with Gasteiger partial charge in [-0.25, -0.2) is 23.6 Å². The summed E-state index contributed by atoms with van der Waals surface area (Å²) >= 11 is 3.51. The fourth-order valence-corrected chi connectivity index (χ4v) is 9.88. The van der Waals surface area contributed by atoms with Crippen LogP contribution in [0.3, 0.4) is 0 Å². The highest BCUT2D eigenvalue weighted by molar-refractivity contribution is 14.1. The number of rotatable bonds is 28. The number of hydrogen-bond donors (Lipinski definition) is 5. The van der Waals surface area contributed by atoms with Crippen LogP contribution >= 0.6 is 33.9 Å². The molecule has 1 fully saturated rings. The van der Waals surface area contributed by atoms with Crippen molar-refractivity contribution in [2.24, 2.45) is 11.3 Å². The summed E-state index contributed by atoms with van der Waals surface area (Å²) in [4.78, 5) is 66.0. The Bertz CT molecular complexity index is 2350. The first kappa shape index (κ1) is 56.5. The standard InChI is InChI=1S/C53H70F3IN6O6S/c1-34(36-18-20-37(21-19-36)49-35(2)59-33-70-49)60-51(67)46-31-40(65)32-63(46)52(68)42(53(3,4)5)30-39(64)17-13-11-9-7-6-8-10-12-14-26-58-27-15-16-28-69-62-50(66)41-23-24-43(54)47(56)48(41)61-45-25-22-38(57)29-44(45)55/h18-25,29,33-34,40,42,46,58,61,65H,6-17,26-28,30-32H2,1-5H3,(H,60,67)(H,62,66)/t34-,40+,42+,46-/m0/s1. The highest BCUT2D eigenvalue weighted by atomic mass is 127. The summed E-state index contributed by atoms with van der Waals surface area (Å²) in [5, 5.41) is 19.6. The van der Waals surface area contributed by atoms with Gasteiger partial charge in [0, 0.05) is 35.3 Å². The fraction of sp³-hybridized carbons (Fsp3) is 0.528. The maximum Gasteiger partial charge on any atom is 0.277 e. The quantitative estimate of drug-likeness (QED) is 0.0212. The second-order valence-electron chi connectivity index (χ2n) is 19.4. The molecule has 4 aromatic rings. The number of thiazole rings is 1. The number of carbonyl (C=O) groups is 4. The van der Waals surface area contributed by atoms with E-state index in [1.165, 1.54) is 17.0 Å². The first-order chi connectivity index (χ1) is 33.4. The molecule has 0 bridgehead atoms. The van der Waals surface area contributed by atoms with Crippen LogP contribution in [-0.4, -0.2) is 76.9 Å². The van der Waals surface area contributed by atoms with E-state index in [-0.39, 0.29) is 60.9 Å². The Labute approximate surface area is 428 Å². The zero-order valence-corrected chi connectivity index (χ0v) is 44.1. The average molecular weight is 1100 g/mol. The predicted octanol–water partition coefficient (Wildman–Crippen LogP) is 11.3. The number of amides is 3. The molecule has 3 amide bonds. The monoisotopic (exact) mass is 1100 g/mol. The maximum absolute atomic E-state index is 14.7. The van der Waals surface area contributed by atoms with E-state index >= 15 is 0 Å². The molecule has 1 aliphatic heterocycles. The molecule has 0 aliphatic carbocycles. The number of aromatic nitrogens is 1. The normalized spacial score (nSPS) is 15.7. The molecule has 0 unspecified atom stereocenters. The molecule has 3 aromatic carbocycles. The van der Waals surface area contributed by atoms with Crippen molar-refractivity contribution in [3.05, 3.63) is 98.0 Å². The van der Waals surface area contributed by atoms with E-state index in [0.29, 0.717) is 16.4 Å². The van der Waals surface area contributed by atoms with Crippen molar-refractivity contribution in [3.8, 4) is 10.4 Å². The number of nitrogens with zero attached hydrogens (tertiary/aromatic N) is 2. The third-order valence-corrected chi connectivity index (χ3v) is 14.4. The second-order valence-corrected chi connectivity index (χ2v) is 21.5. The Morgan fingerprint density at radius 2 is 1.54 bits per heavy atom. The summed E-state index contributed by atoms with van der Waals surface area (Å²) < 4.78 is 43.7. The Kier molecular flexibility index (Phi) is 22.6. The number of carbonyl (C=O) groups excluding carboxylic acids is 4. The lowest BCUT2D eigenvalue weighted by Crippen LogP contribution is -2.50. The summed E-state index contributed by atoms with van der Waals surface area (Å²) in [6.45, 7) is 11.7. The van der Waals surface area contributed by atoms with E-state index in [1.54, 1.807) is 17.4 Å². The molecular weight excluding hydrogens is 1030 g/mol. The van der Waals surface area contributed by atoms with Gasteiger partial charge in [-0.15, -0.1) is 11.3 Å². The van der Waals surface area contributed by atoms with Crippen LogP contribution in [0.2, 0.25) is 0 Å². The van der Waals surface area contributed by atoms with Gasteiger partial charge in [-0.1, -0.05) is 90.0 Å². The highest BCUT2D eigenvalue weighted by Gasteiger charge is 2.44. The molecule has 1 saturated heterocycles. The smallest absolute Gasteiger partial charge is 0.277 e. The van der Waals surface area contributed by atoms with Crippen LogP contribution in [0.15, 0.2) is 60.1 Å². The van der Waals surface area contributed by atoms with Crippen LogP contribution in [0.4, 0.5) is 24.5 Å². The minimum atomic E-state index is -1.30. The second kappa shape index (κ2) is 28.0. The summed E-state index contributed by atoms with van der Waals surface area (Å²) in [6, 6.07) is 13.0. The average Bonchev–Trinajstić information content (AvgIpc) is 3.94. The largest absolute Gasteiger partial charge is 0.391 e. The number of hydrogen-bond acceptors (Lipinski definition) is 10. The first-order valence-electron chi connectivity index (χ1n) is 24.6. The SMILES string of the molecule is Cc1ncsc1-c1ccc([C@H](C)NC(=O)[C@@H]2C[C@@H](O)CN2C(=O)[C@@H](CC(=O)CCCCCCCCCCCNCCCCONC(=O)c2ccc(F)c(F)c2Nc2ccc(I)cc2F)C(C)(C)C)cc1. The van der Waals surface area contributed by atoms with E-state index in [0.717, 1.165) is 111 Å². The minimum Gasteiger partial charge on any atom is -0.391 e. The topological polar surface area (TPSA) is 162 Å². The number of nitrogens with one attached hydrogen (secondary N) is 4. The molecule has 1 aromatic heterocycles. The molecule has 0 saturated carbocycles. The fourth-order valence-electron chi connectivity index (χ4n) is 8.61. The Morgan fingerprint density at radius 3 is 2.19 bits per heavy atom. The van der Waals surface area contributed by atoms with E-state index in [9.17, 15) is 37.5 Å². The van der Waals surface area contributed by atoms with Crippen LogP contribution in [0.1, 0.15) is 145 Å². The summed E-state index contributed by atoms with van der Waals surface area (Å²) in [6.07, 6.45) is 10.9. The number of aliphatic hydroxyl groups is 1. The molecule has 5 rings (SSSR count). The molecule has 4 atom stereocenters. The van der Waals surface area contributed by atoms with Crippen molar-refractivity contribution >= 4 is 68.8 Å². The van der Waals surface area contributed by atoms with E-state index in [2.05, 4.69) is 26.4 Å². The molecule has 12 nitrogen and oxygen atoms in total. The zero-order valence-electron chi connectivity index (χ0n) is 41.1. The molecule has 2 heterocycles. The number of likely N-dealkylation sites (tertiary alicyclic amines) is 1. The number of unbranched alkanes of at least 4 members (excludes halogenated alkanes) is 9. The van der Waals surface area contributed by atoms with Crippen molar-refractivity contribution in [2.45, 2.75) is 143 Å². The van der Waals surface area contributed by atoms with Gasteiger partial charge in [0.15, 0.2) is 11.6 Å². The van der Waals surface area contributed by atoms with Gasteiger partial charge >= 0.3 is 0 Å². The first-order valence-corrected chi connectivity index (χ1v) is 26.5. The Hall–Kier alpha value is -4.43. The molecule has 0 radical (unpaired) electrons. The van der Waals surface area contributed by atoms with Gasteiger partial charge in [-0.3, -0.25) is 24.0 Å². The third kappa shape index (κ3) is 17.1. The van der Waals surface area contributed by atoms with Crippen molar-refractivity contribution < 1.29 is 42.3 Å². The molecule has 382 valence electrons. The number of anilines is 2. The highest BCUT2D eigenvalue weighted by Crippen LogP contribution is 2.35. The van der Waals surface area contributed by atoms with E-state index in [4.69, 9.17) is 4.84 Å². The van der Waals surface area contributed by atoms with Crippen LogP contribution in [0.25, 0.3) is 10.4 Å². The molecule has 70 heavy (non-hydrogen) atoms. The van der Waals surface area contributed by atoms with Gasteiger partial charge in [0.05, 0.1) is 51.8 Å². The van der Waals surface area contributed by atoms with Crippen molar-refractivity contribution in [1.82, 2.24) is 26.0 Å². The van der Waals surface area contributed by atoms with Gasteiger partial charge in [0.2, 0.25) is 11.8 Å². The third-order valence-electron chi connectivity index (χ3n) is 12.8. The number of halogens is 4. The lowest BCUT2D eigenvalue weighted by atomic mass is 9.76. The number of aliphatic hydroxyl groups excluding tert-OH is 1. The minimum absolute atomic E-state index is 0.0500. The number of ketones is 1. The van der Waals surface area contributed by atoms with Crippen LogP contribution in [-0.2, 0) is 19.2 Å². The predicted molar refractivity (Wildman–Crippen MR) is 278 cm³/mol. The van der Waals surface area contributed by atoms with Crippen LogP contribution in [0.5, 0.6) is 0 Å². The summed E-state index contributed by atoms with van der Waals surface area (Å²) in [5.41, 5.74) is 5.71. The lowest BCUT2D eigenvalue weighted by molar-refractivity contribution is -0.146. The van der Waals surface area contributed by atoms with Gasteiger partial charge in [-0.2, -0.15) is 0 Å². The van der Waals surface area contributed by atoms with E-state index in [1.807, 2.05) is 87.0 Å². The molecular formula is C53H70F3IN6O6S. The van der Waals surface area contributed by atoms with Crippen LogP contribution in [0, 0.1) is 39.3 Å². The number of aryl methyl sites for hydroxylation is 1. The van der Waals surface area contributed by atoms with Gasteiger partial charge < -0.3 is 26.0 Å². The number of benzene rings is 3. The molecule has 1 aliphatic rings. The maximum atomic E-state index is 14.7. The van der Waals surface area contributed by atoms with Crippen molar-refractivity contribution in [3.63, 3.8) is 0 Å². The van der Waals surface area contributed by atoms with Gasteiger partial charge in [0.25, 0.3) is 5.91 Å². The summed E-state index contributed by atoms with van der Waals surface area (Å²) in [5.74, 6) is -5.08. The van der Waals surface area contributed by atoms with E-state index < -0.39 is 52.5 Å². The van der Waals surface area contributed by atoms with Gasteiger partial charge in [0.1, 0.15) is 17.6 Å². The Morgan fingerprint density at radius 1 is 0.886 bits per heavy atom. The van der Waals surface area contributed by atoms with Crippen molar-refractivity contribution in [1.29, 1.82) is 0 Å². The lowest BCUT2D eigenvalue weighted by Gasteiger charge is -2.35. The molecule has 17 heteroatoms. The number of Topliss-reactive ketones (excluding diaryl/α,β-unsaturated/α-hetero) is 1. The summed E-state index contributed by atoms with van der Waals surface area (Å²) in [7, 11) is 0. The molecule has 0 spiro atoms. The Balaban J connectivity index is 0.885. The molecule has 5 N–H and O–H groups in total. The zero-order chi connectivity index (χ0) is 50.8. The van der Waals surface area contributed by atoms with Crippen molar-refractivity contribution in [2.75, 3.05) is 31.6 Å². The van der Waals surface area contributed by atoms with Crippen LogP contribution < -0.4 is 21.4 Å². The number of hydroxylamine groups is 1. The van der Waals surface area contributed by atoms with Gasteiger partial charge in [-0.05, 0) is 122 Å². The number of β-amino-alcohol motifs (C(OH)–C–C–N with tert-alkyl or cyclic N) is 1.